The summed E-state index contributed by atoms with van der Waals surface area (Å²) >= 11 is 5.99. The Morgan fingerprint density at radius 2 is 0.667 bits per heavy atom. The number of hydrogen-bond donors (Lipinski definition) is 8. The van der Waals surface area contributed by atoms with Gasteiger partial charge in [0.1, 0.15) is 23.0 Å². The molecule has 4 saturated heterocycles. The van der Waals surface area contributed by atoms with Crippen LogP contribution < -0.4 is 52.0 Å². The number of aryl methyl sites for hydroxylation is 3. The standard InChI is InChI=1S/2C24H31N5O2S.C22H30N6OS.C21H28N6OS/c1-23(2)12-17(13-24(3,4)27-23)29(6)22-26-25-21(32-22)18-9-7-15(11-19(18)30)16-8-10-20(31)28(5)14-16;1-23(2)13-17(14-24(3,4)27-23)29(6)22-26-25-21(32-22)18-8-7-15(11-19(18)30)16-9-10-28(5)20(31)12-16;1-21(2)10-16(11-22(3,4)26-21)28(6)20-25-24-19(30-20)17-8-7-14(9-18(17)29)15-12-23-27(5)13-15;1-20(2)12-15(13-21(3,4)25-20)26(5)19-24-23-18(29-19)16-8-7-14(11-17(16)28)27-10-6-9-22-27/h7-11,14,17,27,30H,12-13H2,1-6H3;7-12,17,27,30H,13-14H2,1-6H3;7-9,12-13,16,26,29H,10-11H2,1-6H3;6-11,15,25,28H,12-13H2,1-5H3. The minimum absolute atomic E-state index is 0.0424. The molecule has 12 heterocycles. The third-order valence-corrected chi connectivity index (χ3v) is 27.5. The Morgan fingerprint density at radius 1 is 0.350 bits per heavy atom. The Bertz CT molecular complexity index is 5790. The number of anilines is 4. The molecule has 654 valence electrons. The molecule has 4 aliphatic rings. The Labute approximate surface area is 737 Å². The molecular formula is C91H120N22O6S4. The predicted molar refractivity (Wildman–Crippen MR) is 500 cm³/mol. The summed E-state index contributed by atoms with van der Waals surface area (Å²) in [5.41, 5.74) is 8.89. The van der Waals surface area contributed by atoms with E-state index in [9.17, 15) is 30.0 Å². The second kappa shape index (κ2) is 35.0. The molecule has 4 fully saturated rings. The molecule has 12 aromatic rings. The Morgan fingerprint density at radius 3 is 0.967 bits per heavy atom. The van der Waals surface area contributed by atoms with E-state index in [1.807, 2.05) is 80.1 Å². The van der Waals surface area contributed by atoms with E-state index in [2.05, 4.69) is 231 Å². The summed E-state index contributed by atoms with van der Waals surface area (Å²) in [5.74, 6) is 0.641. The third-order valence-electron chi connectivity index (χ3n) is 23.3. The van der Waals surface area contributed by atoms with Crippen molar-refractivity contribution in [2.24, 2.45) is 21.1 Å². The second-order valence-corrected chi connectivity index (χ2v) is 42.6. The number of nitrogens with zero attached hydrogens (tertiary/aromatic N) is 18. The normalized spacial score (nSPS) is 18.2. The van der Waals surface area contributed by atoms with E-state index < -0.39 is 0 Å². The van der Waals surface area contributed by atoms with E-state index in [1.54, 1.807) is 84.6 Å². The number of benzene rings is 4. The van der Waals surface area contributed by atoms with Crippen LogP contribution in [0.2, 0.25) is 0 Å². The van der Waals surface area contributed by atoms with Crippen LogP contribution in [0.25, 0.3) is 81.4 Å². The molecule has 8 aromatic heterocycles. The van der Waals surface area contributed by atoms with Gasteiger partial charge in [-0.25, -0.2) is 4.68 Å². The SMILES string of the molecule is CN(c1nnc(-c2ccc(-c3ccc(=O)n(C)c3)cc2O)s1)C1CC(C)(C)NC(C)(C)C1.CN(c1nnc(-c2ccc(-c3ccn(C)c(=O)c3)cc2O)s1)C1CC(C)(C)NC(C)(C)C1.CN(c1nnc(-c2ccc(-c3cnn(C)c3)cc2O)s1)C1CC(C)(C)NC(C)(C)C1.CN(c1nnc(-c2ccc(-n3cccn3)cc2O)s1)C1CC(C)(C)NC(C)(C)C1. The molecule has 8 N–H and O–H groups in total. The lowest BCUT2D eigenvalue weighted by atomic mass is 9.79. The predicted octanol–water partition coefficient (Wildman–Crippen LogP) is 15.9. The van der Waals surface area contributed by atoms with Gasteiger partial charge in [-0.15, -0.1) is 40.8 Å². The van der Waals surface area contributed by atoms with Gasteiger partial charge in [0, 0.05) is 173 Å². The van der Waals surface area contributed by atoms with Gasteiger partial charge >= 0.3 is 0 Å². The molecule has 0 saturated carbocycles. The van der Waals surface area contributed by atoms with Gasteiger partial charge in [-0.1, -0.05) is 63.5 Å². The summed E-state index contributed by atoms with van der Waals surface area (Å²) in [6.45, 7) is 35.9. The van der Waals surface area contributed by atoms with Crippen molar-refractivity contribution >= 4 is 65.9 Å². The second-order valence-electron chi connectivity index (χ2n) is 38.8. The van der Waals surface area contributed by atoms with Crippen molar-refractivity contribution in [3.63, 3.8) is 0 Å². The summed E-state index contributed by atoms with van der Waals surface area (Å²) in [7, 11) is 13.6. The molecule has 4 aliphatic heterocycles. The van der Waals surface area contributed by atoms with Gasteiger partial charge in [0.2, 0.25) is 26.1 Å². The number of hydrogen-bond acceptors (Lipinski definition) is 28. The first-order valence-corrected chi connectivity index (χ1v) is 44.9. The molecule has 0 bridgehead atoms. The maximum absolute atomic E-state index is 11.9. The highest BCUT2D eigenvalue weighted by Crippen LogP contribution is 2.45. The number of nitrogens with one attached hydrogen (secondary N) is 4. The minimum Gasteiger partial charge on any atom is -0.507 e. The van der Waals surface area contributed by atoms with E-state index in [-0.39, 0.29) is 78.4 Å². The number of piperidine rings is 4. The van der Waals surface area contributed by atoms with Gasteiger partial charge in [0.25, 0.3) is 5.56 Å². The first-order chi connectivity index (χ1) is 57.5. The molecule has 0 aliphatic carbocycles. The van der Waals surface area contributed by atoms with Crippen molar-refractivity contribution in [3.8, 4) is 104 Å². The van der Waals surface area contributed by atoms with Gasteiger partial charge in [-0.3, -0.25) is 14.3 Å². The van der Waals surface area contributed by atoms with Crippen molar-refractivity contribution in [3.05, 3.63) is 161 Å². The molecule has 28 nitrogen and oxygen atoms in total. The molecule has 123 heavy (non-hydrogen) atoms. The third kappa shape index (κ3) is 21.9. The number of phenolic OH excluding ortho intramolecular Hbond substituents is 4. The van der Waals surface area contributed by atoms with Crippen LogP contribution in [0.5, 0.6) is 23.0 Å². The summed E-state index contributed by atoms with van der Waals surface area (Å²) in [5, 5.41) is 107. The summed E-state index contributed by atoms with van der Waals surface area (Å²) < 4.78 is 6.50. The number of rotatable bonds is 16. The van der Waals surface area contributed by atoms with Crippen LogP contribution in [0.4, 0.5) is 20.5 Å². The molecule has 0 spiro atoms. The lowest BCUT2D eigenvalue weighted by Gasteiger charge is -2.48. The monoisotopic (exact) mass is 1740 g/mol. The Balaban J connectivity index is 0.000000141. The van der Waals surface area contributed by atoms with E-state index in [1.165, 1.54) is 60.5 Å². The lowest BCUT2D eigenvalue weighted by molar-refractivity contribution is 0.160. The van der Waals surface area contributed by atoms with Crippen molar-refractivity contribution in [1.29, 1.82) is 0 Å². The van der Waals surface area contributed by atoms with Crippen molar-refractivity contribution < 1.29 is 20.4 Å². The topological polar surface area (TPSA) is 325 Å². The highest BCUT2D eigenvalue weighted by Gasteiger charge is 2.44. The molecule has 0 amide bonds. The first kappa shape index (κ1) is 90.4. The van der Waals surface area contributed by atoms with Crippen LogP contribution in [0, 0.1) is 0 Å². The summed E-state index contributed by atoms with van der Waals surface area (Å²) in [6.07, 6.45) is 18.9. The highest BCUT2D eigenvalue weighted by atomic mass is 32.1. The number of pyridine rings is 2. The summed E-state index contributed by atoms with van der Waals surface area (Å²) in [4.78, 5) is 32.5. The molecule has 16 rings (SSSR count). The van der Waals surface area contributed by atoms with Crippen molar-refractivity contribution in [2.45, 2.75) is 231 Å². The molecule has 0 radical (unpaired) electrons. The van der Waals surface area contributed by atoms with Gasteiger partial charge in [-0.05, 0) is 257 Å². The van der Waals surface area contributed by atoms with Crippen LogP contribution in [-0.4, -0.2) is 187 Å². The minimum atomic E-state index is -0.0906. The van der Waals surface area contributed by atoms with Crippen LogP contribution in [0.15, 0.2) is 150 Å². The molecule has 32 heteroatoms. The highest BCUT2D eigenvalue weighted by molar-refractivity contribution is 7.19. The Kier molecular flexibility index (Phi) is 25.7. The maximum atomic E-state index is 11.9. The van der Waals surface area contributed by atoms with Gasteiger partial charge in [0.15, 0.2) is 20.0 Å². The van der Waals surface area contributed by atoms with Crippen LogP contribution in [-0.2, 0) is 21.1 Å². The quantitative estimate of drug-likeness (QED) is 0.0445. The fraction of sp³-hybridized carbons (Fsp3) is 0.473. The smallest absolute Gasteiger partial charge is 0.250 e. The number of phenols is 4. The van der Waals surface area contributed by atoms with Gasteiger partial charge in [0.05, 0.1) is 34.1 Å². The summed E-state index contributed by atoms with van der Waals surface area (Å²) in [6, 6.07) is 32.0. The molecule has 4 aromatic carbocycles. The fourth-order valence-electron chi connectivity index (χ4n) is 18.7. The average molecular weight is 1750 g/mol. The molecule has 0 atom stereocenters. The lowest BCUT2D eigenvalue weighted by Crippen LogP contribution is -2.61. The Hall–Kier alpha value is -10.3. The van der Waals surface area contributed by atoms with E-state index in [0.29, 0.717) is 61.4 Å². The van der Waals surface area contributed by atoms with Crippen LogP contribution in [0.1, 0.15) is 162 Å². The van der Waals surface area contributed by atoms with E-state index in [0.717, 1.165) is 116 Å². The van der Waals surface area contributed by atoms with E-state index >= 15 is 0 Å². The molecule has 0 unspecified atom stereocenters. The van der Waals surface area contributed by atoms with Gasteiger partial charge < -0.3 is 70.4 Å². The van der Waals surface area contributed by atoms with Crippen molar-refractivity contribution in [1.82, 2.24) is 90.8 Å². The number of aromatic hydroxyl groups is 4. The van der Waals surface area contributed by atoms with E-state index in [4.69, 9.17) is 0 Å². The zero-order chi connectivity index (χ0) is 89.0. The fourth-order valence-corrected chi connectivity index (χ4v) is 22.3. The molecular weight excluding hydrogens is 1630 g/mol. The maximum Gasteiger partial charge on any atom is 0.250 e. The zero-order valence-electron chi connectivity index (χ0n) is 75.0. The average Bonchev–Trinajstić information content (AvgIpc) is 1.71. The zero-order valence-corrected chi connectivity index (χ0v) is 78.3. The van der Waals surface area contributed by atoms with Gasteiger partial charge in [-0.2, -0.15) is 10.2 Å². The first-order valence-electron chi connectivity index (χ1n) is 41.6. The number of aromatic nitrogens is 14. The van der Waals surface area contributed by atoms with Crippen molar-refractivity contribution in [2.75, 3.05) is 47.8 Å². The van der Waals surface area contributed by atoms with Crippen LogP contribution >= 0.6 is 45.3 Å². The van der Waals surface area contributed by atoms with Crippen LogP contribution in [0.3, 0.4) is 0 Å². The largest absolute Gasteiger partial charge is 0.507 e.